The van der Waals surface area contributed by atoms with Crippen LogP contribution in [0.25, 0.3) is 0 Å². The highest BCUT2D eigenvalue weighted by Crippen LogP contribution is 2.37. The van der Waals surface area contributed by atoms with Gasteiger partial charge in [-0.1, -0.05) is 48.5 Å². The van der Waals surface area contributed by atoms with E-state index in [1.165, 1.54) is 17.5 Å². The van der Waals surface area contributed by atoms with Crippen LogP contribution in [0.3, 0.4) is 0 Å². The molecule has 0 spiro atoms. The van der Waals surface area contributed by atoms with Crippen LogP contribution >= 0.6 is 0 Å². The van der Waals surface area contributed by atoms with E-state index in [1.54, 1.807) is 0 Å². The molecule has 110 valence electrons. The molecule has 2 nitrogen and oxygen atoms in total. The van der Waals surface area contributed by atoms with Crippen molar-refractivity contribution in [2.75, 3.05) is 13.2 Å². The molecule has 0 aliphatic carbocycles. The Labute approximate surface area is 126 Å². The largest absolute Gasteiger partial charge is 0.493 e. The van der Waals surface area contributed by atoms with Gasteiger partial charge in [0.1, 0.15) is 5.75 Å². The second-order valence-corrected chi connectivity index (χ2v) is 5.79. The summed E-state index contributed by atoms with van der Waals surface area (Å²) < 4.78 is 5.75. The molecule has 0 radical (unpaired) electrons. The third-order valence-electron chi connectivity index (χ3n) is 4.50. The standard InChI is InChI=1S/C19H23NO/c20-14-17(15-6-2-1-3-7-15)11-10-16-12-13-21-19-9-5-4-8-18(16)19/h1-9,16-17H,10-14,20H2. The topological polar surface area (TPSA) is 35.2 Å². The fraction of sp³-hybridized carbons (Fsp3) is 0.368. The van der Waals surface area contributed by atoms with Crippen LogP contribution in [0.4, 0.5) is 0 Å². The summed E-state index contributed by atoms with van der Waals surface area (Å²) in [5.74, 6) is 2.13. The van der Waals surface area contributed by atoms with E-state index in [0.717, 1.165) is 31.7 Å². The van der Waals surface area contributed by atoms with E-state index in [-0.39, 0.29) is 0 Å². The maximum absolute atomic E-state index is 5.99. The number of hydrogen-bond donors (Lipinski definition) is 1. The van der Waals surface area contributed by atoms with Gasteiger partial charge in [0.2, 0.25) is 0 Å². The van der Waals surface area contributed by atoms with Crippen molar-refractivity contribution in [3.8, 4) is 5.75 Å². The van der Waals surface area contributed by atoms with Crippen LogP contribution < -0.4 is 10.5 Å². The van der Waals surface area contributed by atoms with Crippen LogP contribution in [0.5, 0.6) is 5.75 Å². The van der Waals surface area contributed by atoms with Gasteiger partial charge >= 0.3 is 0 Å². The Morgan fingerprint density at radius 3 is 2.62 bits per heavy atom. The number of ether oxygens (including phenoxy) is 1. The first kappa shape index (κ1) is 14.2. The van der Waals surface area contributed by atoms with E-state index in [1.807, 2.05) is 6.07 Å². The summed E-state index contributed by atoms with van der Waals surface area (Å²) in [7, 11) is 0. The van der Waals surface area contributed by atoms with E-state index >= 15 is 0 Å². The van der Waals surface area contributed by atoms with Gasteiger partial charge < -0.3 is 10.5 Å². The number of nitrogens with two attached hydrogens (primary N) is 1. The molecule has 0 aromatic heterocycles. The number of para-hydroxylation sites is 1. The average molecular weight is 281 g/mol. The van der Waals surface area contributed by atoms with Gasteiger partial charge in [0, 0.05) is 0 Å². The molecule has 3 rings (SSSR count). The van der Waals surface area contributed by atoms with E-state index in [4.69, 9.17) is 10.5 Å². The van der Waals surface area contributed by atoms with Crippen molar-refractivity contribution in [1.29, 1.82) is 0 Å². The molecule has 0 amide bonds. The third-order valence-corrected chi connectivity index (χ3v) is 4.50. The molecule has 1 aliphatic rings. The molecular formula is C19H23NO. The van der Waals surface area contributed by atoms with E-state index < -0.39 is 0 Å². The lowest BCUT2D eigenvalue weighted by atomic mass is 9.84. The molecule has 2 unspecified atom stereocenters. The normalized spacial score (nSPS) is 18.6. The fourth-order valence-corrected chi connectivity index (χ4v) is 3.26. The molecule has 0 fully saturated rings. The van der Waals surface area contributed by atoms with Crippen molar-refractivity contribution in [3.05, 3.63) is 65.7 Å². The first-order valence-electron chi connectivity index (χ1n) is 7.85. The minimum atomic E-state index is 0.459. The molecule has 2 N–H and O–H groups in total. The highest BCUT2D eigenvalue weighted by atomic mass is 16.5. The average Bonchev–Trinajstić information content (AvgIpc) is 2.56. The van der Waals surface area contributed by atoms with Crippen molar-refractivity contribution in [2.24, 2.45) is 5.73 Å². The smallest absolute Gasteiger partial charge is 0.122 e. The Balaban J connectivity index is 1.68. The fourth-order valence-electron chi connectivity index (χ4n) is 3.26. The predicted octanol–water partition coefficient (Wildman–Crippen LogP) is 4.08. The van der Waals surface area contributed by atoms with Gasteiger partial charge in [0.25, 0.3) is 0 Å². The summed E-state index contributed by atoms with van der Waals surface area (Å²) in [5.41, 5.74) is 8.72. The van der Waals surface area contributed by atoms with Crippen molar-refractivity contribution < 1.29 is 4.74 Å². The van der Waals surface area contributed by atoms with E-state index in [9.17, 15) is 0 Å². The maximum atomic E-state index is 5.99. The number of fused-ring (bicyclic) bond motifs is 1. The van der Waals surface area contributed by atoms with Crippen LogP contribution in [0.2, 0.25) is 0 Å². The summed E-state index contributed by atoms with van der Waals surface area (Å²) in [6, 6.07) is 19.1. The molecule has 21 heavy (non-hydrogen) atoms. The molecule has 1 aliphatic heterocycles. The minimum absolute atomic E-state index is 0.459. The zero-order chi connectivity index (χ0) is 14.5. The monoisotopic (exact) mass is 281 g/mol. The van der Waals surface area contributed by atoms with Gasteiger partial charge in [0.15, 0.2) is 0 Å². The second kappa shape index (κ2) is 6.77. The Kier molecular flexibility index (Phi) is 4.56. The lowest BCUT2D eigenvalue weighted by molar-refractivity contribution is 0.260. The summed E-state index contributed by atoms with van der Waals surface area (Å²) >= 11 is 0. The molecule has 2 atom stereocenters. The van der Waals surface area contributed by atoms with Crippen molar-refractivity contribution in [1.82, 2.24) is 0 Å². The lowest BCUT2D eigenvalue weighted by Gasteiger charge is -2.27. The maximum Gasteiger partial charge on any atom is 0.122 e. The quantitative estimate of drug-likeness (QED) is 0.896. The molecule has 0 saturated carbocycles. The van der Waals surface area contributed by atoms with Crippen molar-refractivity contribution in [3.63, 3.8) is 0 Å². The van der Waals surface area contributed by atoms with Crippen LogP contribution in [-0.4, -0.2) is 13.2 Å². The van der Waals surface area contributed by atoms with Gasteiger partial charge in [0.05, 0.1) is 6.61 Å². The molecule has 2 aromatic rings. The van der Waals surface area contributed by atoms with Gasteiger partial charge in [-0.2, -0.15) is 0 Å². The molecule has 2 heteroatoms. The predicted molar refractivity (Wildman–Crippen MR) is 86.8 cm³/mol. The summed E-state index contributed by atoms with van der Waals surface area (Å²) in [4.78, 5) is 0. The molecule has 0 bridgehead atoms. The van der Waals surface area contributed by atoms with E-state index in [0.29, 0.717) is 11.8 Å². The van der Waals surface area contributed by atoms with E-state index in [2.05, 4.69) is 48.5 Å². The van der Waals surface area contributed by atoms with Gasteiger partial charge in [-0.25, -0.2) is 0 Å². The Hall–Kier alpha value is -1.80. The molecule has 0 saturated heterocycles. The Morgan fingerprint density at radius 1 is 1.05 bits per heavy atom. The molecule has 1 heterocycles. The minimum Gasteiger partial charge on any atom is -0.493 e. The third kappa shape index (κ3) is 3.27. The Bertz CT molecular complexity index is 567. The summed E-state index contributed by atoms with van der Waals surface area (Å²) in [6.45, 7) is 1.55. The highest BCUT2D eigenvalue weighted by molar-refractivity contribution is 5.37. The number of hydrogen-bond acceptors (Lipinski definition) is 2. The van der Waals surface area contributed by atoms with Crippen molar-refractivity contribution >= 4 is 0 Å². The van der Waals surface area contributed by atoms with Crippen molar-refractivity contribution in [2.45, 2.75) is 31.1 Å². The van der Waals surface area contributed by atoms with Crippen LogP contribution in [0.1, 0.15) is 42.2 Å². The van der Waals surface area contributed by atoms with Gasteiger partial charge in [-0.05, 0) is 54.8 Å². The van der Waals surface area contributed by atoms with Crippen LogP contribution in [0, 0.1) is 0 Å². The first-order valence-corrected chi connectivity index (χ1v) is 7.85. The lowest BCUT2D eigenvalue weighted by Crippen LogP contribution is -2.17. The molecular weight excluding hydrogens is 258 g/mol. The summed E-state index contributed by atoms with van der Waals surface area (Å²) in [6.07, 6.45) is 3.43. The SMILES string of the molecule is NCC(CCC1CCOc2ccccc21)c1ccccc1. The summed E-state index contributed by atoms with van der Waals surface area (Å²) in [5, 5.41) is 0. The van der Waals surface area contributed by atoms with Crippen LogP contribution in [-0.2, 0) is 0 Å². The number of benzene rings is 2. The zero-order valence-corrected chi connectivity index (χ0v) is 12.4. The van der Waals surface area contributed by atoms with Gasteiger partial charge in [-0.15, -0.1) is 0 Å². The number of rotatable bonds is 5. The van der Waals surface area contributed by atoms with Crippen LogP contribution in [0.15, 0.2) is 54.6 Å². The van der Waals surface area contributed by atoms with Gasteiger partial charge in [-0.3, -0.25) is 0 Å². The highest BCUT2D eigenvalue weighted by Gasteiger charge is 2.22. The zero-order valence-electron chi connectivity index (χ0n) is 12.4. The molecule has 2 aromatic carbocycles. The second-order valence-electron chi connectivity index (χ2n) is 5.79. The Morgan fingerprint density at radius 2 is 1.81 bits per heavy atom. The first-order chi connectivity index (χ1) is 10.4.